The van der Waals surface area contributed by atoms with E-state index < -0.39 is 11.9 Å². The second-order valence-electron chi connectivity index (χ2n) is 5.57. The van der Waals surface area contributed by atoms with Crippen molar-refractivity contribution in [1.29, 1.82) is 0 Å². The Morgan fingerprint density at radius 3 is 2.85 bits per heavy atom. The predicted octanol–water partition coefficient (Wildman–Crippen LogP) is 3.38. The number of alkyl halides is 3. The first-order valence-electron chi connectivity index (χ1n) is 6.85. The Balaban J connectivity index is 1.54. The Hall–Kier alpha value is -0.660. The molecule has 20 heavy (non-hydrogen) atoms. The molecule has 0 spiro atoms. The molecule has 1 aromatic heterocycles. The van der Waals surface area contributed by atoms with Crippen molar-refractivity contribution in [2.24, 2.45) is 5.92 Å². The van der Waals surface area contributed by atoms with Crippen LogP contribution in [0, 0.1) is 5.92 Å². The van der Waals surface area contributed by atoms with E-state index in [1.165, 1.54) is 0 Å². The van der Waals surface area contributed by atoms with Crippen molar-refractivity contribution in [3.63, 3.8) is 0 Å². The number of hydrogen-bond donors (Lipinski definition) is 1. The van der Waals surface area contributed by atoms with Gasteiger partial charge in [-0.05, 0) is 26.2 Å². The average molecular weight is 306 g/mol. The van der Waals surface area contributed by atoms with E-state index in [0.717, 1.165) is 42.5 Å². The van der Waals surface area contributed by atoms with Gasteiger partial charge < -0.3 is 10.1 Å². The first-order chi connectivity index (χ1) is 9.43. The standard InChI is InChI=1S/C13H17F3N2OS/c1-7(12-18-11(6-20-12)13(14,15)16)17-5-8-4-9-2-3-10(8)19-9/h6-10,17H,2-5H2,1H3. The topological polar surface area (TPSA) is 34.1 Å². The monoisotopic (exact) mass is 306 g/mol. The van der Waals surface area contributed by atoms with Gasteiger partial charge >= 0.3 is 6.18 Å². The van der Waals surface area contributed by atoms with E-state index in [1.54, 1.807) is 0 Å². The maximum atomic E-state index is 12.5. The highest BCUT2D eigenvalue weighted by Gasteiger charge is 2.40. The summed E-state index contributed by atoms with van der Waals surface area (Å²) in [5.74, 6) is 0.484. The fourth-order valence-electron chi connectivity index (χ4n) is 2.99. The van der Waals surface area contributed by atoms with Crippen molar-refractivity contribution in [1.82, 2.24) is 10.3 Å². The summed E-state index contributed by atoms with van der Waals surface area (Å²) in [5.41, 5.74) is -0.797. The third kappa shape index (κ3) is 2.84. The molecule has 0 amide bonds. The maximum Gasteiger partial charge on any atom is 0.434 e. The zero-order valence-corrected chi connectivity index (χ0v) is 11.9. The number of nitrogens with one attached hydrogen (secondary N) is 1. The molecule has 3 rings (SSSR count). The van der Waals surface area contributed by atoms with E-state index in [9.17, 15) is 13.2 Å². The number of rotatable bonds is 4. The lowest BCUT2D eigenvalue weighted by atomic mass is 9.89. The number of fused-ring (bicyclic) bond motifs is 2. The molecule has 2 fully saturated rings. The predicted molar refractivity (Wildman–Crippen MR) is 69.5 cm³/mol. The molecule has 0 aromatic carbocycles. The summed E-state index contributed by atoms with van der Waals surface area (Å²) in [6.07, 6.45) is -0.289. The molecule has 1 aromatic rings. The largest absolute Gasteiger partial charge is 0.434 e. The number of ether oxygens (including phenoxy) is 1. The molecular formula is C13H17F3N2OS. The number of nitrogens with zero attached hydrogens (tertiary/aromatic N) is 1. The molecule has 1 N–H and O–H groups in total. The fourth-order valence-corrected chi connectivity index (χ4v) is 3.85. The molecule has 4 atom stereocenters. The highest BCUT2D eigenvalue weighted by Crippen LogP contribution is 2.38. The summed E-state index contributed by atoms with van der Waals surface area (Å²) < 4.78 is 43.3. The van der Waals surface area contributed by atoms with Gasteiger partial charge in [0.1, 0.15) is 5.01 Å². The van der Waals surface area contributed by atoms with E-state index in [0.29, 0.717) is 23.1 Å². The van der Waals surface area contributed by atoms with Crippen molar-refractivity contribution >= 4 is 11.3 Å². The van der Waals surface area contributed by atoms with Crippen LogP contribution in [0.25, 0.3) is 0 Å². The Bertz CT molecular complexity index is 476. The normalized spacial score (nSPS) is 30.9. The Labute approximate surface area is 119 Å². The maximum absolute atomic E-state index is 12.5. The lowest BCUT2D eigenvalue weighted by Crippen LogP contribution is -2.31. The van der Waals surface area contributed by atoms with Gasteiger partial charge in [0.2, 0.25) is 0 Å². The van der Waals surface area contributed by atoms with Crippen LogP contribution in [0.3, 0.4) is 0 Å². The van der Waals surface area contributed by atoms with Crippen LogP contribution in [0.1, 0.15) is 42.9 Å². The van der Waals surface area contributed by atoms with Crippen LogP contribution >= 0.6 is 11.3 Å². The summed E-state index contributed by atoms with van der Waals surface area (Å²) in [5, 5.41) is 4.86. The van der Waals surface area contributed by atoms with E-state index in [4.69, 9.17) is 4.74 Å². The fraction of sp³-hybridized carbons (Fsp3) is 0.769. The minimum absolute atomic E-state index is 0.157. The Kier molecular flexibility index (Phi) is 3.77. The van der Waals surface area contributed by atoms with Crippen LogP contribution in [-0.4, -0.2) is 23.7 Å². The summed E-state index contributed by atoms with van der Waals surface area (Å²) in [6.45, 7) is 2.64. The molecule has 2 aliphatic rings. The highest BCUT2D eigenvalue weighted by atomic mass is 32.1. The van der Waals surface area contributed by atoms with E-state index >= 15 is 0 Å². The smallest absolute Gasteiger partial charge is 0.375 e. The van der Waals surface area contributed by atoms with Crippen molar-refractivity contribution in [3.8, 4) is 0 Å². The van der Waals surface area contributed by atoms with Crippen molar-refractivity contribution in [2.75, 3.05) is 6.54 Å². The van der Waals surface area contributed by atoms with Crippen LogP contribution in [0.4, 0.5) is 13.2 Å². The Morgan fingerprint density at radius 2 is 2.30 bits per heavy atom. The zero-order chi connectivity index (χ0) is 14.3. The summed E-state index contributed by atoms with van der Waals surface area (Å²) in [7, 11) is 0. The van der Waals surface area contributed by atoms with Crippen LogP contribution in [0.5, 0.6) is 0 Å². The van der Waals surface area contributed by atoms with Gasteiger partial charge in [-0.3, -0.25) is 0 Å². The van der Waals surface area contributed by atoms with Gasteiger partial charge in [0.15, 0.2) is 5.69 Å². The average Bonchev–Trinajstić information content (AvgIpc) is 3.09. The van der Waals surface area contributed by atoms with Crippen LogP contribution in [-0.2, 0) is 10.9 Å². The van der Waals surface area contributed by atoms with E-state index in [2.05, 4.69) is 10.3 Å². The summed E-state index contributed by atoms with van der Waals surface area (Å²) in [6, 6.07) is -0.157. The molecule has 2 aliphatic heterocycles. The van der Waals surface area contributed by atoms with Crippen molar-refractivity contribution < 1.29 is 17.9 Å². The Morgan fingerprint density at radius 1 is 1.50 bits per heavy atom. The van der Waals surface area contributed by atoms with E-state index in [-0.39, 0.29) is 6.04 Å². The van der Waals surface area contributed by atoms with Gasteiger partial charge in [-0.15, -0.1) is 11.3 Å². The molecule has 2 bridgehead atoms. The molecule has 0 saturated carbocycles. The second-order valence-corrected chi connectivity index (χ2v) is 6.46. The molecule has 2 saturated heterocycles. The third-order valence-electron chi connectivity index (χ3n) is 4.10. The molecule has 4 unspecified atom stereocenters. The SMILES string of the molecule is CC(NCC1CC2CCC1O2)c1nc(C(F)(F)F)cs1. The molecule has 0 radical (unpaired) electrons. The molecule has 3 heterocycles. The van der Waals surface area contributed by atoms with Gasteiger partial charge in [-0.2, -0.15) is 13.2 Å². The molecule has 0 aliphatic carbocycles. The van der Waals surface area contributed by atoms with Crippen LogP contribution < -0.4 is 5.32 Å². The first-order valence-corrected chi connectivity index (χ1v) is 7.73. The van der Waals surface area contributed by atoms with Gasteiger partial charge in [-0.1, -0.05) is 0 Å². The molecule has 3 nitrogen and oxygen atoms in total. The first kappa shape index (κ1) is 14.3. The minimum Gasteiger partial charge on any atom is -0.375 e. The quantitative estimate of drug-likeness (QED) is 0.926. The molecule has 7 heteroatoms. The number of halogens is 3. The lowest BCUT2D eigenvalue weighted by molar-refractivity contribution is -0.140. The minimum atomic E-state index is -4.35. The molecular weight excluding hydrogens is 289 g/mol. The zero-order valence-electron chi connectivity index (χ0n) is 11.1. The second kappa shape index (κ2) is 5.27. The number of hydrogen-bond acceptors (Lipinski definition) is 4. The number of thiazole rings is 1. The van der Waals surface area contributed by atoms with Crippen molar-refractivity contribution in [3.05, 3.63) is 16.1 Å². The third-order valence-corrected chi connectivity index (χ3v) is 5.13. The highest BCUT2D eigenvalue weighted by molar-refractivity contribution is 7.09. The van der Waals surface area contributed by atoms with Crippen LogP contribution in [0.15, 0.2) is 5.38 Å². The summed E-state index contributed by atoms with van der Waals surface area (Å²) >= 11 is 1.06. The van der Waals surface area contributed by atoms with Gasteiger partial charge in [0, 0.05) is 17.8 Å². The van der Waals surface area contributed by atoms with Crippen molar-refractivity contribution in [2.45, 2.75) is 50.6 Å². The van der Waals surface area contributed by atoms with Gasteiger partial charge in [-0.25, -0.2) is 4.98 Å². The number of aromatic nitrogens is 1. The lowest BCUT2D eigenvalue weighted by Gasteiger charge is -2.21. The molecule has 112 valence electrons. The summed E-state index contributed by atoms with van der Waals surface area (Å²) in [4.78, 5) is 3.67. The van der Waals surface area contributed by atoms with Gasteiger partial charge in [0.05, 0.1) is 18.2 Å². The van der Waals surface area contributed by atoms with Crippen LogP contribution in [0.2, 0.25) is 0 Å². The van der Waals surface area contributed by atoms with Gasteiger partial charge in [0.25, 0.3) is 0 Å². The van der Waals surface area contributed by atoms with E-state index in [1.807, 2.05) is 6.92 Å².